The van der Waals surface area contributed by atoms with Crippen LogP contribution in [0.2, 0.25) is 15.1 Å². The monoisotopic (exact) mass is 561 g/mol. The predicted molar refractivity (Wildman–Crippen MR) is 143 cm³/mol. The van der Waals surface area contributed by atoms with E-state index in [9.17, 15) is 18.0 Å². The highest BCUT2D eigenvalue weighted by molar-refractivity contribution is 7.92. The Bertz CT molecular complexity index is 1130. The number of hydrogen-bond acceptors (Lipinski definition) is 4. The topological polar surface area (TPSA) is 86.8 Å². The van der Waals surface area contributed by atoms with Gasteiger partial charge >= 0.3 is 0 Å². The van der Waals surface area contributed by atoms with E-state index in [-0.39, 0.29) is 33.2 Å². The number of halogens is 3. The van der Waals surface area contributed by atoms with Gasteiger partial charge in [-0.05, 0) is 37.0 Å². The lowest BCUT2D eigenvalue weighted by Gasteiger charge is -2.33. The van der Waals surface area contributed by atoms with Gasteiger partial charge in [0.1, 0.15) is 12.6 Å². The van der Waals surface area contributed by atoms with E-state index in [0.29, 0.717) is 19.4 Å². The zero-order valence-electron chi connectivity index (χ0n) is 19.9. The molecule has 11 heteroatoms. The Balaban J connectivity index is 2.41. The van der Waals surface area contributed by atoms with Crippen LogP contribution >= 0.6 is 34.8 Å². The largest absolute Gasteiger partial charge is 0.354 e. The molecule has 0 aliphatic carbocycles. The number of amides is 2. The van der Waals surface area contributed by atoms with E-state index in [1.807, 2.05) is 44.2 Å². The zero-order chi connectivity index (χ0) is 26.2. The minimum atomic E-state index is -3.93. The van der Waals surface area contributed by atoms with E-state index in [4.69, 9.17) is 34.8 Å². The first kappa shape index (κ1) is 29.2. The average molecular weight is 563 g/mol. The Morgan fingerprint density at radius 2 is 1.63 bits per heavy atom. The quantitative estimate of drug-likeness (QED) is 0.377. The highest BCUT2D eigenvalue weighted by Crippen LogP contribution is 2.35. The molecule has 0 saturated heterocycles. The van der Waals surface area contributed by atoms with Crippen molar-refractivity contribution in [3.05, 3.63) is 63.1 Å². The summed E-state index contributed by atoms with van der Waals surface area (Å²) in [5, 5.41) is 3.12. The third-order valence-electron chi connectivity index (χ3n) is 5.36. The van der Waals surface area contributed by atoms with Gasteiger partial charge in [0.2, 0.25) is 21.8 Å². The van der Waals surface area contributed by atoms with Crippen LogP contribution in [0.5, 0.6) is 0 Å². The Morgan fingerprint density at radius 1 is 1.00 bits per heavy atom. The molecule has 0 spiro atoms. The van der Waals surface area contributed by atoms with Crippen LogP contribution in [0.3, 0.4) is 0 Å². The molecule has 192 valence electrons. The molecule has 0 aliphatic heterocycles. The average Bonchev–Trinajstić information content (AvgIpc) is 2.81. The van der Waals surface area contributed by atoms with Gasteiger partial charge in [-0.2, -0.15) is 0 Å². The number of sulfonamides is 1. The maximum atomic E-state index is 13.6. The molecule has 2 aromatic rings. The highest BCUT2D eigenvalue weighted by Gasteiger charge is 2.32. The third kappa shape index (κ3) is 8.27. The van der Waals surface area contributed by atoms with Crippen molar-refractivity contribution in [2.24, 2.45) is 0 Å². The first-order valence-corrected chi connectivity index (χ1v) is 14.2. The predicted octanol–water partition coefficient (Wildman–Crippen LogP) is 4.79. The number of rotatable bonds is 12. The Labute approximate surface area is 222 Å². The second-order valence-corrected chi connectivity index (χ2v) is 11.2. The summed E-state index contributed by atoms with van der Waals surface area (Å²) in [5.74, 6) is -0.818. The van der Waals surface area contributed by atoms with Gasteiger partial charge in [0.15, 0.2) is 0 Å². The van der Waals surface area contributed by atoms with Crippen LogP contribution in [-0.2, 0) is 26.0 Å². The molecule has 0 aliphatic rings. The maximum Gasteiger partial charge on any atom is 0.244 e. The first-order valence-electron chi connectivity index (χ1n) is 11.2. The third-order valence-corrected chi connectivity index (χ3v) is 7.51. The molecular weight excluding hydrogens is 533 g/mol. The molecule has 0 aromatic heterocycles. The molecule has 1 N–H and O–H groups in total. The Morgan fingerprint density at radius 3 is 2.20 bits per heavy atom. The maximum absolute atomic E-state index is 13.6. The van der Waals surface area contributed by atoms with E-state index in [2.05, 4.69) is 5.32 Å². The fraction of sp³-hybridized carbons (Fsp3) is 0.417. The van der Waals surface area contributed by atoms with Crippen molar-refractivity contribution in [3.63, 3.8) is 0 Å². The van der Waals surface area contributed by atoms with Crippen molar-refractivity contribution in [2.45, 2.75) is 39.2 Å². The van der Waals surface area contributed by atoms with Crippen LogP contribution in [0.4, 0.5) is 5.69 Å². The lowest BCUT2D eigenvalue weighted by Crippen LogP contribution is -2.53. The van der Waals surface area contributed by atoms with E-state index >= 15 is 0 Å². The van der Waals surface area contributed by atoms with Crippen molar-refractivity contribution in [2.75, 3.05) is 30.2 Å². The van der Waals surface area contributed by atoms with Gasteiger partial charge in [0.05, 0.1) is 27.0 Å². The zero-order valence-corrected chi connectivity index (χ0v) is 23.0. The van der Waals surface area contributed by atoms with Crippen molar-refractivity contribution < 1.29 is 18.0 Å². The molecular formula is C24H30Cl3N3O4S. The Hall–Kier alpha value is -2.00. The van der Waals surface area contributed by atoms with Crippen molar-refractivity contribution in [1.82, 2.24) is 10.2 Å². The standard InChI is InChI=1S/C24H30Cl3N3O4S/c1-4-12-28-24(32)21(5-2)29(13-11-17-9-7-6-8-10-17)23(31)16-30(35(3,33)34)22-15-19(26)18(25)14-20(22)27/h6-10,14-15,21H,4-5,11-13,16H2,1-3H3,(H,28,32). The molecule has 1 unspecified atom stereocenters. The number of carbonyl (C=O) groups excluding carboxylic acids is 2. The molecule has 0 saturated carbocycles. The minimum absolute atomic E-state index is 0.0289. The van der Waals surface area contributed by atoms with E-state index in [1.54, 1.807) is 0 Å². The molecule has 7 nitrogen and oxygen atoms in total. The summed E-state index contributed by atoms with van der Waals surface area (Å²) in [7, 11) is -3.93. The summed E-state index contributed by atoms with van der Waals surface area (Å²) >= 11 is 18.4. The molecule has 2 amide bonds. The summed E-state index contributed by atoms with van der Waals surface area (Å²) in [6.07, 6.45) is 2.58. The fourth-order valence-corrected chi connectivity index (χ4v) is 5.11. The van der Waals surface area contributed by atoms with Gasteiger partial charge in [-0.25, -0.2) is 8.42 Å². The van der Waals surface area contributed by atoms with Crippen LogP contribution in [0.1, 0.15) is 32.3 Å². The second kappa shape index (κ2) is 13.3. The van der Waals surface area contributed by atoms with E-state index in [0.717, 1.165) is 22.5 Å². The number of nitrogens with zero attached hydrogens (tertiary/aromatic N) is 2. The van der Waals surface area contributed by atoms with Gasteiger partial charge in [-0.1, -0.05) is 79.0 Å². The van der Waals surface area contributed by atoms with Gasteiger partial charge in [0.25, 0.3) is 0 Å². The summed E-state index contributed by atoms with van der Waals surface area (Å²) in [5.41, 5.74) is 1.02. The molecule has 0 radical (unpaired) electrons. The minimum Gasteiger partial charge on any atom is -0.354 e. The van der Waals surface area contributed by atoms with Crippen molar-refractivity contribution in [1.29, 1.82) is 0 Å². The fourth-order valence-electron chi connectivity index (χ4n) is 3.56. The lowest BCUT2D eigenvalue weighted by molar-refractivity contribution is -0.139. The molecule has 2 aromatic carbocycles. The summed E-state index contributed by atoms with van der Waals surface area (Å²) in [6, 6.07) is 11.4. The molecule has 0 fully saturated rings. The molecule has 2 rings (SSSR count). The van der Waals surface area contributed by atoms with Gasteiger partial charge in [-0.3, -0.25) is 13.9 Å². The van der Waals surface area contributed by atoms with Gasteiger partial charge in [0, 0.05) is 13.1 Å². The van der Waals surface area contributed by atoms with E-state index < -0.39 is 28.5 Å². The lowest BCUT2D eigenvalue weighted by atomic mass is 10.1. The van der Waals surface area contributed by atoms with Crippen LogP contribution in [0.15, 0.2) is 42.5 Å². The van der Waals surface area contributed by atoms with Crippen molar-refractivity contribution >= 4 is 62.3 Å². The first-order chi connectivity index (χ1) is 16.5. The smallest absolute Gasteiger partial charge is 0.244 e. The van der Waals surface area contributed by atoms with E-state index in [1.165, 1.54) is 17.0 Å². The summed E-state index contributed by atoms with van der Waals surface area (Å²) in [6.45, 7) is 3.90. The highest BCUT2D eigenvalue weighted by atomic mass is 35.5. The SMILES string of the molecule is CCCNC(=O)C(CC)N(CCc1ccccc1)C(=O)CN(c1cc(Cl)c(Cl)cc1Cl)S(C)(=O)=O. The van der Waals surface area contributed by atoms with Gasteiger partial charge < -0.3 is 10.2 Å². The molecule has 35 heavy (non-hydrogen) atoms. The number of nitrogens with one attached hydrogen (secondary N) is 1. The normalized spacial score (nSPS) is 12.2. The van der Waals surface area contributed by atoms with Crippen LogP contribution < -0.4 is 9.62 Å². The molecule has 0 bridgehead atoms. The molecule has 0 heterocycles. The number of carbonyl (C=O) groups is 2. The number of anilines is 1. The van der Waals surface area contributed by atoms with Crippen LogP contribution in [0.25, 0.3) is 0 Å². The van der Waals surface area contributed by atoms with Gasteiger partial charge in [-0.15, -0.1) is 0 Å². The summed E-state index contributed by atoms with van der Waals surface area (Å²) < 4.78 is 26.2. The second-order valence-electron chi connectivity index (χ2n) is 8.03. The molecule has 1 atom stereocenters. The van der Waals surface area contributed by atoms with Crippen LogP contribution in [-0.4, -0.2) is 57.1 Å². The van der Waals surface area contributed by atoms with Crippen molar-refractivity contribution in [3.8, 4) is 0 Å². The number of hydrogen-bond donors (Lipinski definition) is 1. The Kier molecular flexibility index (Phi) is 11.1. The summed E-state index contributed by atoms with van der Waals surface area (Å²) in [4.78, 5) is 27.9. The van der Waals surface area contributed by atoms with Crippen LogP contribution in [0, 0.1) is 0 Å². The number of benzene rings is 2.